The number of anilines is 2. The molecule has 0 radical (unpaired) electrons. The van der Waals surface area contributed by atoms with E-state index in [-0.39, 0.29) is 17.3 Å². The molecule has 3 N–H and O–H groups in total. The number of para-hydroxylation sites is 1. The largest absolute Gasteiger partial charge is 0.484 e. The molecule has 0 aromatic heterocycles. The molecule has 0 spiro atoms. The number of carbonyl (C=O) groups excluding carboxylic acids is 3. The minimum Gasteiger partial charge on any atom is -0.484 e. The number of nitrogens with zero attached hydrogens (tertiary/aromatic N) is 1. The maximum atomic E-state index is 13.5. The molecule has 34 heavy (non-hydrogen) atoms. The standard InChI is InChI=1S/C23H17ClF2N4O4/c24-17-11-15(8-9-18(17)25)28-21(31)13-34-16-5-3-4-14(10-16)12-27-30-23(33)22(32)29-20-7-2-1-6-19(20)26/h1-12H,13H2,(H,28,31)(H,29,32)(H,30,33)/b27-12-. The zero-order valence-electron chi connectivity index (χ0n) is 17.3. The van der Waals surface area contributed by atoms with Crippen LogP contribution in [0.5, 0.6) is 5.75 Å². The lowest BCUT2D eigenvalue weighted by atomic mass is 10.2. The highest BCUT2D eigenvalue weighted by Crippen LogP contribution is 2.19. The Morgan fingerprint density at radius 3 is 2.47 bits per heavy atom. The quantitative estimate of drug-likeness (QED) is 0.268. The van der Waals surface area contributed by atoms with Crippen molar-refractivity contribution in [2.75, 3.05) is 17.2 Å². The normalized spacial score (nSPS) is 10.6. The van der Waals surface area contributed by atoms with Crippen LogP contribution in [0, 0.1) is 11.6 Å². The number of hydrogen-bond acceptors (Lipinski definition) is 5. The van der Waals surface area contributed by atoms with Crippen LogP contribution in [-0.2, 0) is 14.4 Å². The highest BCUT2D eigenvalue weighted by Gasteiger charge is 2.14. The summed E-state index contributed by atoms with van der Waals surface area (Å²) in [6, 6.07) is 15.6. The molecule has 0 aliphatic rings. The summed E-state index contributed by atoms with van der Waals surface area (Å²) in [7, 11) is 0. The van der Waals surface area contributed by atoms with Crippen molar-refractivity contribution in [1.82, 2.24) is 5.43 Å². The second-order valence-electron chi connectivity index (χ2n) is 6.67. The average Bonchev–Trinajstić information content (AvgIpc) is 2.82. The lowest BCUT2D eigenvalue weighted by molar-refractivity contribution is -0.136. The minimum absolute atomic E-state index is 0.123. The molecule has 0 atom stereocenters. The fourth-order valence-corrected chi connectivity index (χ4v) is 2.74. The Balaban J connectivity index is 1.49. The summed E-state index contributed by atoms with van der Waals surface area (Å²) in [5, 5.41) is 8.21. The van der Waals surface area contributed by atoms with Gasteiger partial charge in [-0.2, -0.15) is 5.10 Å². The molecule has 3 aromatic carbocycles. The molecule has 0 aliphatic carbocycles. The number of nitrogens with one attached hydrogen (secondary N) is 3. The van der Waals surface area contributed by atoms with Gasteiger partial charge >= 0.3 is 11.8 Å². The molecule has 0 fully saturated rings. The third-order valence-corrected chi connectivity index (χ3v) is 4.43. The predicted molar refractivity (Wildman–Crippen MR) is 123 cm³/mol. The van der Waals surface area contributed by atoms with Gasteiger partial charge in [0.1, 0.15) is 17.4 Å². The van der Waals surface area contributed by atoms with Gasteiger partial charge in [-0.15, -0.1) is 0 Å². The first-order chi connectivity index (χ1) is 16.3. The number of hydrazone groups is 1. The number of halogens is 3. The third-order valence-electron chi connectivity index (χ3n) is 4.14. The predicted octanol–water partition coefficient (Wildman–Crippen LogP) is 3.72. The van der Waals surface area contributed by atoms with Crippen molar-refractivity contribution in [2.24, 2.45) is 5.10 Å². The number of ether oxygens (including phenoxy) is 1. The van der Waals surface area contributed by atoms with Gasteiger partial charge in [0.05, 0.1) is 16.9 Å². The van der Waals surface area contributed by atoms with Crippen LogP contribution in [0.4, 0.5) is 20.2 Å². The van der Waals surface area contributed by atoms with Crippen LogP contribution in [0.25, 0.3) is 0 Å². The van der Waals surface area contributed by atoms with Crippen molar-refractivity contribution in [1.29, 1.82) is 0 Å². The molecule has 0 saturated heterocycles. The van der Waals surface area contributed by atoms with Gasteiger partial charge in [0.25, 0.3) is 5.91 Å². The Hall–Kier alpha value is -4.31. The minimum atomic E-state index is -1.09. The van der Waals surface area contributed by atoms with E-state index in [4.69, 9.17) is 16.3 Å². The van der Waals surface area contributed by atoms with E-state index in [2.05, 4.69) is 15.7 Å². The molecule has 0 unspecified atom stereocenters. The first-order valence-corrected chi connectivity index (χ1v) is 10.1. The molecule has 11 heteroatoms. The Bertz CT molecular complexity index is 1250. The Morgan fingerprint density at radius 1 is 0.912 bits per heavy atom. The third kappa shape index (κ3) is 7.10. The molecule has 0 bridgehead atoms. The number of benzene rings is 3. The van der Waals surface area contributed by atoms with Gasteiger partial charge in [-0.1, -0.05) is 35.9 Å². The zero-order chi connectivity index (χ0) is 24.5. The maximum Gasteiger partial charge on any atom is 0.329 e. The SMILES string of the molecule is O=C(COc1cccc(/C=N\NC(=O)C(=O)Nc2ccccc2F)c1)Nc1ccc(F)c(Cl)c1. The summed E-state index contributed by atoms with van der Waals surface area (Å²) in [6.07, 6.45) is 1.25. The summed E-state index contributed by atoms with van der Waals surface area (Å²) in [5.74, 6) is -3.62. The molecule has 3 aromatic rings. The fraction of sp³-hybridized carbons (Fsp3) is 0.0435. The second kappa shape index (κ2) is 11.5. The lowest BCUT2D eigenvalue weighted by Crippen LogP contribution is -2.32. The molecule has 0 heterocycles. The summed E-state index contributed by atoms with van der Waals surface area (Å²) in [6.45, 7) is -0.331. The van der Waals surface area contributed by atoms with Gasteiger partial charge in [0.2, 0.25) is 0 Å². The van der Waals surface area contributed by atoms with Gasteiger partial charge in [-0.3, -0.25) is 14.4 Å². The summed E-state index contributed by atoms with van der Waals surface area (Å²) < 4.78 is 32.1. The molecular formula is C23H17ClF2N4O4. The number of hydrogen-bond donors (Lipinski definition) is 3. The number of rotatable bonds is 7. The summed E-state index contributed by atoms with van der Waals surface area (Å²) in [5.41, 5.74) is 2.71. The number of amides is 3. The zero-order valence-corrected chi connectivity index (χ0v) is 18.1. The van der Waals surface area contributed by atoms with Gasteiger partial charge in [-0.25, -0.2) is 14.2 Å². The van der Waals surface area contributed by atoms with Crippen molar-refractivity contribution in [3.05, 3.63) is 89.0 Å². The van der Waals surface area contributed by atoms with Crippen LogP contribution in [0.15, 0.2) is 71.8 Å². The van der Waals surface area contributed by atoms with Crippen LogP contribution in [-0.4, -0.2) is 30.5 Å². The molecule has 174 valence electrons. The highest BCUT2D eigenvalue weighted by molar-refractivity contribution is 6.39. The maximum absolute atomic E-state index is 13.5. The van der Waals surface area contributed by atoms with Crippen molar-refractivity contribution < 1.29 is 27.9 Å². The van der Waals surface area contributed by atoms with Crippen LogP contribution in [0.1, 0.15) is 5.56 Å². The van der Waals surface area contributed by atoms with Crippen molar-refractivity contribution in [3.63, 3.8) is 0 Å². The molecule has 0 aliphatic heterocycles. The van der Waals surface area contributed by atoms with Crippen molar-refractivity contribution in [2.45, 2.75) is 0 Å². The van der Waals surface area contributed by atoms with E-state index < -0.39 is 29.4 Å². The average molecular weight is 487 g/mol. The van der Waals surface area contributed by atoms with Gasteiger partial charge in [-0.05, 0) is 48.0 Å². The summed E-state index contributed by atoms with van der Waals surface area (Å²) in [4.78, 5) is 35.7. The molecule has 0 saturated carbocycles. The summed E-state index contributed by atoms with van der Waals surface area (Å²) >= 11 is 5.68. The van der Waals surface area contributed by atoms with E-state index in [9.17, 15) is 23.2 Å². The van der Waals surface area contributed by atoms with Gasteiger partial charge in [0, 0.05) is 5.69 Å². The van der Waals surface area contributed by atoms with Crippen LogP contribution in [0.3, 0.4) is 0 Å². The number of carbonyl (C=O) groups is 3. The molecule has 8 nitrogen and oxygen atoms in total. The van der Waals surface area contributed by atoms with Crippen LogP contribution in [0.2, 0.25) is 5.02 Å². The van der Waals surface area contributed by atoms with Crippen LogP contribution >= 0.6 is 11.6 Å². The van der Waals surface area contributed by atoms with E-state index in [1.54, 1.807) is 18.2 Å². The first kappa shape index (κ1) is 24.3. The van der Waals surface area contributed by atoms with E-state index >= 15 is 0 Å². The van der Waals surface area contributed by atoms with E-state index in [1.807, 2.05) is 5.43 Å². The highest BCUT2D eigenvalue weighted by atomic mass is 35.5. The molecular weight excluding hydrogens is 470 g/mol. The van der Waals surface area contributed by atoms with Gasteiger partial charge in [0.15, 0.2) is 6.61 Å². The molecule has 3 rings (SSSR count). The Morgan fingerprint density at radius 2 is 1.71 bits per heavy atom. The lowest BCUT2D eigenvalue weighted by Gasteiger charge is -2.08. The van der Waals surface area contributed by atoms with E-state index in [0.29, 0.717) is 17.0 Å². The Kier molecular flexibility index (Phi) is 8.25. The smallest absolute Gasteiger partial charge is 0.329 e. The van der Waals surface area contributed by atoms with E-state index in [1.165, 1.54) is 42.6 Å². The van der Waals surface area contributed by atoms with Gasteiger partial charge < -0.3 is 15.4 Å². The van der Waals surface area contributed by atoms with Crippen molar-refractivity contribution in [3.8, 4) is 5.75 Å². The first-order valence-electron chi connectivity index (χ1n) is 9.68. The Labute approximate surface area is 197 Å². The molecule has 3 amide bonds. The monoisotopic (exact) mass is 486 g/mol. The van der Waals surface area contributed by atoms with Crippen molar-refractivity contribution >= 4 is 46.9 Å². The second-order valence-corrected chi connectivity index (χ2v) is 7.08. The van der Waals surface area contributed by atoms with E-state index in [0.717, 1.165) is 12.1 Å². The van der Waals surface area contributed by atoms with Crippen LogP contribution < -0.4 is 20.8 Å². The fourth-order valence-electron chi connectivity index (χ4n) is 2.56. The topological polar surface area (TPSA) is 109 Å².